The Morgan fingerprint density at radius 1 is 1.38 bits per heavy atom. The number of aryl methyl sites for hydroxylation is 1. The lowest BCUT2D eigenvalue weighted by Crippen LogP contribution is -2.18. The van der Waals surface area contributed by atoms with Crippen LogP contribution in [0.15, 0.2) is 22.7 Å². The van der Waals surface area contributed by atoms with Gasteiger partial charge in [0.2, 0.25) is 0 Å². The maximum atomic E-state index is 5.83. The van der Waals surface area contributed by atoms with Gasteiger partial charge in [-0.05, 0) is 26.5 Å². The highest BCUT2D eigenvalue weighted by Gasteiger charge is 2.13. The minimum atomic E-state index is 0.181. The van der Waals surface area contributed by atoms with E-state index in [1.165, 1.54) is 0 Å². The fourth-order valence-electron chi connectivity index (χ4n) is 2.08. The van der Waals surface area contributed by atoms with Gasteiger partial charge in [-0.2, -0.15) is 4.98 Å². The number of hydrogen-bond donors (Lipinski definition) is 1. The van der Waals surface area contributed by atoms with Crippen molar-refractivity contribution in [3.05, 3.63) is 35.5 Å². The summed E-state index contributed by atoms with van der Waals surface area (Å²) in [6.07, 6.45) is 0. The SMILES string of the molecule is CCNC(C)c1ccc(OC)cc1OCc1nc(C)no1. The highest BCUT2D eigenvalue weighted by atomic mass is 16.5. The van der Waals surface area contributed by atoms with Crippen LogP contribution >= 0.6 is 0 Å². The Morgan fingerprint density at radius 2 is 2.19 bits per heavy atom. The van der Waals surface area contributed by atoms with Crippen molar-refractivity contribution in [2.75, 3.05) is 13.7 Å². The van der Waals surface area contributed by atoms with Crippen molar-refractivity contribution in [3.63, 3.8) is 0 Å². The standard InChI is InChI=1S/C15H21N3O3/c1-5-16-10(2)13-7-6-12(19-4)8-14(13)20-9-15-17-11(3)18-21-15/h6-8,10,16H,5,9H2,1-4H3. The molecule has 6 nitrogen and oxygen atoms in total. The van der Waals surface area contributed by atoms with Gasteiger partial charge >= 0.3 is 0 Å². The third-order valence-corrected chi connectivity index (χ3v) is 3.12. The van der Waals surface area contributed by atoms with Crippen LogP contribution in [0.1, 0.15) is 37.2 Å². The molecule has 1 N–H and O–H groups in total. The molecule has 1 atom stereocenters. The number of ether oxygens (including phenoxy) is 2. The zero-order valence-corrected chi connectivity index (χ0v) is 12.8. The molecule has 1 aromatic heterocycles. The fraction of sp³-hybridized carbons (Fsp3) is 0.467. The topological polar surface area (TPSA) is 69.4 Å². The first-order valence-corrected chi connectivity index (χ1v) is 6.97. The number of nitrogens with zero attached hydrogens (tertiary/aromatic N) is 2. The van der Waals surface area contributed by atoms with Crippen LogP contribution in [0.4, 0.5) is 0 Å². The lowest BCUT2D eigenvalue weighted by Gasteiger charge is -2.18. The lowest BCUT2D eigenvalue weighted by molar-refractivity contribution is 0.238. The molecule has 2 aromatic rings. The average Bonchev–Trinajstić information content (AvgIpc) is 2.90. The van der Waals surface area contributed by atoms with E-state index in [1.807, 2.05) is 18.2 Å². The predicted octanol–water partition coefficient (Wildman–Crippen LogP) is 2.64. The first kappa shape index (κ1) is 15.3. The van der Waals surface area contributed by atoms with E-state index in [-0.39, 0.29) is 12.6 Å². The van der Waals surface area contributed by atoms with E-state index in [0.717, 1.165) is 23.6 Å². The van der Waals surface area contributed by atoms with Gasteiger partial charge in [-0.1, -0.05) is 18.1 Å². The quantitative estimate of drug-likeness (QED) is 0.845. The monoisotopic (exact) mass is 291 g/mol. The number of benzene rings is 1. The Labute approximate surface area is 124 Å². The Morgan fingerprint density at radius 3 is 2.81 bits per heavy atom. The number of methoxy groups -OCH3 is 1. The van der Waals surface area contributed by atoms with Crippen LogP contribution in [0, 0.1) is 6.92 Å². The third-order valence-electron chi connectivity index (χ3n) is 3.12. The Hall–Kier alpha value is -2.08. The molecule has 6 heteroatoms. The Kier molecular flexibility index (Phi) is 5.16. The molecule has 0 radical (unpaired) electrons. The summed E-state index contributed by atoms with van der Waals surface area (Å²) in [7, 11) is 1.63. The second-order valence-corrected chi connectivity index (χ2v) is 4.71. The van der Waals surface area contributed by atoms with Crippen LogP contribution < -0.4 is 14.8 Å². The molecule has 0 amide bonds. The maximum Gasteiger partial charge on any atom is 0.264 e. The van der Waals surface area contributed by atoms with E-state index in [1.54, 1.807) is 14.0 Å². The van der Waals surface area contributed by atoms with Crippen molar-refractivity contribution >= 4 is 0 Å². The van der Waals surface area contributed by atoms with E-state index in [4.69, 9.17) is 14.0 Å². The van der Waals surface area contributed by atoms with Gasteiger partial charge in [0, 0.05) is 17.7 Å². The zero-order valence-electron chi connectivity index (χ0n) is 12.8. The molecular formula is C15H21N3O3. The summed E-state index contributed by atoms with van der Waals surface area (Å²) in [4.78, 5) is 4.13. The normalized spacial score (nSPS) is 12.2. The van der Waals surface area contributed by atoms with E-state index in [0.29, 0.717) is 11.7 Å². The largest absolute Gasteiger partial charge is 0.497 e. The van der Waals surface area contributed by atoms with Gasteiger partial charge in [-0.25, -0.2) is 0 Å². The molecular weight excluding hydrogens is 270 g/mol. The van der Waals surface area contributed by atoms with Crippen molar-refractivity contribution in [2.45, 2.75) is 33.4 Å². The maximum absolute atomic E-state index is 5.83. The smallest absolute Gasteiger partial charge is 0.264 e. The van der Waals surface area contributed by atoms with Crippen molar-refractivity contribution in [2.24, 2.45) is 0 Å². The number of rotatable bonds is 7. The molecule has 0 saturated carbocycles. The molecule has 0 aliphatic rings. The van der Waals surface area contributed by atoms with Crippen LogP contribution in [-0.4, -0.2) is 23.8 Å². The van der Waals surface area contributed by atoms with Gasteiger partial charge in [0.05, 0.1) is 7.11 Å². The molecule has 0 aliphatic carbocycles. The van der Waals surface area contributed by atoms with Crippen LogP contribution in [0.5, 0.6) is 11.5 Å². The molecule has 1 unspecified atom stereocenters. The summed E-state index contributed by atoms with van der Waals surface area (Å²) < 4.78 is 16.1. The molecule has 0 fully saturated rings. The van der Waals surface area contributed by atoms with Gasteiger partial charge in [-0.3, -0.25) is 0 Å². The summed E-state index contributed by atoms with van der Waals surface area (Å²) >= 11 is 0. The lowest BCUT2D eigenvalue weighted by atomic mass is 10.1. The van der Waals surface area contributed by atoms with Gasteiger partial charge in [0.15, 0.2) is 12.4 Å². The molecule has 1 aromatic carbocycles. The summed E-state index contributed by atoms with van der Waals surface area (Å²) in [6, 6.07) is 5.97. The first-order valence-electron chi connectivity index (χ1n) is 6.97. The predicted molar refractivity (Wildman–Crippen MR) is 78.5 cm³/mol. The Balaban J connectivity index is 2.17. The van der Waals surface area contributed by atoms with Crippen molar-refractivity contribution < 1.29 is 14.0 Å². The average molecular weight is 291 g/mol. The van der Waals surface area contributed by atoms with Crippen LogP contribution in [0.3, 0.4) is 0 Å². The first-order chi connectivity index (χ1) is 10.1. The molecule has 1 heterocycles. The number of aromatic nitrogens is 2. The second-order valence-electron chi connectivity index (χ2n) is 4.71. The van der Waals surface area contributed by atoms with Crippen molar-refractivity contribution in [1.82, 2.24) is 15.5 Å². The number of nitrogens with one attached hydrogen (secondary N) is 1. The highest BCUT2D eigenvalue weighted by Crippen LogP contribution is 2.30. The van der Waals surface area contributed by atoms with Gasteiger partial charge < -0.3 is 19.3 Å². The molecule has 21 heavy (non-hydrogen) atoms. The van der Waals surface area contributed by atoms with Gasteiger partial charge in [0.25, 0.3) is 5.89 Å². The van der Waals surface area contributed by atoms with Crippen molar-refractivity contribution in [3.8, 4) is 11.5 Å². The molecule has 0 aliphatic heterocycles. The van der Waals surface area contributed by atoms with E-state index >= 15 is 0 Å². The van der Waals surface area contributed by atoms with Gasteiger partial charge in [0.1, 0.15) is 11.5 Å². The summed E-state index contributed by atoms with van der Waals surface area (Å²) in [5, 5.41) is 7.12. The Bertz CT molecular complexity index is 583. The second kappa shape index (κ2) is 7.08. The van der Waals surface area contributed by atoms with Crippen LogP contribution in [0.25, 0.3) is 0 Å². The van der Waals surface area contributed by atoms with Gasteiger partial charge in [-0.15, -0.1) is 0 Å². The zero-order chi connectivity index (χ0) is 15.2. The highest BCUT2D eigenvalue weighted by molar-refractivity contribution is 5.42. The summed E-state index contributed by atoms with van der Waals surface area (Å²) in [6.45, 7) is 7.06. The van der Waals surface area contributed by atoms with E-state index < -0.39 is 0 Å². The minimum absolute atomic E-state index is 0.181. The number of hydrogen-bond acceptors (Lipinski definition) is 6. The third kappa shape index (κ3) is 3.95. The molecule has 0 spiro atoms. The molecule has 2 rings (SSSR count). The van der Waals surface area contributed by atoms with E-state index in [9.17, 15) is 0 Å². The summed E-state index contributed by atoms with van der Waals surface area (Å²) in [5.41, 5.74) is 1.06. The van der Waals surface area contributed by atoms with Crippen molar-refractivity contribution in [1.29, 1.82) is 0 Å². The molecule has 0 bridgehead atoms. The summed E-state index contributed by atoms with van der Waals surface area (Å²) in [5.74, 6) is 2.55. The van der Waals surface area contributed by atoms with Crippen LogP contribution in [-0.2, 0) is 6.61 Å². The van der Waals surface area contributed by atoms with E-state index in [2.05, 4.69) is 29.3 Å². The minimum Gasteiger partial charge on any atom is -0.497 e. The molecule has 114 valence electrons. The van der Waals surface area contributed by atoms with Crippen LogP contribution in [0.2, 0.25) is 0 Å². The molecule has 0 saturated heterocycles. The fourth-order valence-corrected chi connectivity index (χ4v) is 2.08.